The zero-order valence-corrected chi connectivity index (χ0v) is 18.3. The molecule has 1 aliphatic heterocycles. The van der Waals surface area contributed by atoms with Gasteiger partial charge in [-0.05, 0) is 26.3 Å². The summed E-state index contributed by atoms with van der Waals surface area (Å²) < 4.78 is 7.01. The Hall–Kier alpha value is -2.64. The Kier molecular flexibility index (Phi) is 5.92. The van der Waals surface area contributed by atoms with E-state index < -0.39 is 0 Å². The van der Waals surface area contributed by atoms with Crippen LogP contribution in [0.2, 0.25) is 5.15 Å². The van der Waals surface area contributed by atoms with Crippen LogP contribution < -0.4 is 0 Å². The molecule has 0 atom stereocenters. The molecule has 3 aromatic rings. The van der Waals surface area contributed by atoms with Gasteiger partial charge in [-0.15, -0.1) is 0 Å². The van der Waals surface area contributed by atoms with Crippen molar-refractivity contribution in [3.05, 3.63) is 69.3 Å². The molecular weight excluding hydrogens is 402 g/mol. The molecule has 3 heterocycles. The minimum absolute atomic E-state index is 0.0529. The summed E-state index contributed by atoms with van der Waals surface area (Å²) in [6, 6.07) is 10.2. The number of aromatic nitrogens is 3. The third-order valence-electron chi connectivity index (χ3n) is 5.45. The maximum Gasteiger partial charge on any atom is 0.258 e. The first-order valence-electron chi connectivity index (χ1n) is 10.1. The van der Waals surface area contributed by atoms with Gasteiger partial charge in [-0.1, -0.05) is 46.6 Å². The number of hydrogen-bond acceptors (Lipinski definition) is 5. The Morgan fingerprint density at radius 1 is 1.07 bits per heavy atom. The third kappa shape index (κ3) is 4.42. The van der Waals surface area contributed by atoms with Gasteiger partial charge < -0.3 is 9.42 Å². The lowest BCUT2D eigenvalue weighted by Gasteiger charge is -2.34. The molecule has 0 saturated carbocycles. The molecule has 1 saturated heterocycles. The molecule has 0 radical (unpaired) electrons. The number of benzene rings is 1. The van der Waals surface area contributed by atoms with Crippen LogP contribution in [0.15, 0.2) is 34.9 Å². The van der Waals surface area contributed by atoms with Crippen molar-refractivity contribution in [2.45, 2.75) is 33.9 Å². The van der Waals surface area contributed by atoms with E-state index in [0.717, 1.165) is 30.1 Å². The minimum Gasteiger partial charge on any atom is -0.360 e. The fourth-order valence-corrected chi connectivity index (χ4v) is 4.06. The first-order chi connectivity index (χ1) is 14.4. The van der Waals surface area contributed by atoms with Crippen LogP contribution in [-0.4, -0.2) is 56.8 Å². The van der Waals surface area contributed by atoms with Crippen molar-refractivity contribution in [2.24, 2.45) is 0 Å². The van der Waals surface area contributed by atoms with Crippen molar-refractivity contribution in [1.82, 2.24) is 24.7 Å². The van der Waals surface area contributed by atoms with E-state index in [4.69, 9.17) is 16.1 Å². The van der Waals surface area contributed by atoms with Gasteiger partial charge in [0.25, 0.3) is 5.91 Å². The molecule has 2 aromatic heterocycles. The van der Waals surface area contributed by atoms with E-state index in [0.29, 0.717) is 42.6 Å². The SMILES string of the molecule is Cc1ccc(Cn2nc(C)c(C(=O)N3CCN(Cc4cc(C)no4)CC3)c2Cl)cc1. The summed E-state index contributed by atoms with van der Waals surface area (Å²) in [6.07, 6.45) is 0. The quantitative estimate of drug-likeness (QED) is 0.623. The molecule has 0 N–H and O–H groups in total. The number of aryl methyl sites for hydroxylation is 3. The molecule has 158 valence electrons. The molecule has 0 unspecified atom stereocenters. The van der Waals surface area contributed by atoms with E-state index in [-0.39, 0.29) is 5.91 Å². The number of amides is 1. The maximum absolute atomic E-state index is 13.2. The van der Waals surface area contributed by atoms with Crippen LogP contribution in [0.3, 0.4) is 0 Å². The second-order valence-corrected chi connectivity index (χ2v) is 8.26. The van der Waals surface area contributed by atoms with Crippen molar-refractivity contribution in [1.29, 1.82) is 0 Å². The van der Waals surface area contributed by atoms with Gasteiger partial charge >= 0.3 is 0 Å². The monoisotopic (exact) mass is 427 g/mol. The average molecular weight is 428 g/mol. The fraction of sp³-hybridized carbons (Fsp3) is 0.409. The number of carbonyl (C=O) groups is 1. The van der Waals surface area contributed by atoms with Crippen molar-refractivity contribution in [3.8, 4) is 0 Å². The molecule has 0 aliphatic carbocycles. The highest BCUT2D eigenvalue weighted by Crippen LogP contribution is 2.23. The Morgan fingerprint density at radius 2 is 1.77 bits per heavy atom. The summed E-state index contributed by atoms with van der Waals surface area (Å²) in [4.78, 5) is 17.3. The zero-order valence-electron chi connectivity index (χ0n) is 17.6. The Morgan fingerprint density at radius 3 is 2.40 bits per heavy atom. The van der Waals surface area contributed by atoms with E-state index in [9.17, 15) is 4.79 Å². The highest BCUT2D eigenvalue weighted by Gasteiger charge is 2.28. The smallest absolute Gasteiger partial charge is 0.258 e. The van der Waals surface area contributed by atoms with Crippen molar-refractivity contribution in [3.63, 3.8) is 0 Å². The normalized spacial score (nSPS) is 15.0. The van der Waals surface area contributed by atoms with E-state index in [2.05, 4.69) is 46.3 Å². The maximum atomic E-state index is 13.2. The van der Waals surface area contributed by atoms with Crippen LogP contribution in [0.25, 0.3) is 0 Å². The van der Waals surface area contributed by atoms with Crippen LogP contribution in [0.4, 0.5) is 0 Å². The minimum atomic E-state index is -0.0529. The molecule has 1 aliphatic rings. The zero-order chi connectivity index (χ0) is 21.3. The fourth-order valence-electron chi connectivity index (χ4n) is 3.75. The van der Waals surface area contributed by atoms with Crippen molar-refractivity contribution in [2.75, 3.05) is 26.2 Å². The molecule has 1 fully saturated rings. The number of rotatable bonds is 5. The molecule has 1 amide bonds. The van der Waals surface area contributed by atoms with E-state index >= 15 is 0 Å². The lowest BCUT2D eigenvalue weighted by Crippen LogP contribution is -2.48. The highest BCUT2D eigenvalue weighted by atomic mass is 35.5. The number of hydrogen-bond donors (Lipinski definition) is 0. The number of piperazine rings is 1. The van der Waals surface area contributed by atoms with E-state index in [1.54, 1.807) is 4.68 Å². The van der Waals surface area contributed by atoms with Gasteiger partial charge in [-0.25, -0.2) is 4.68 Å². The number of carbonyl (C=O) groups excluding carboxylic acids is 1. The second-order valence-electron chi connectivity index (χ2n) is 7.90. The molecule has 4 rings (SSSR count). The van der Waals surface area contributed by atoms with Gasteiger partial charge in [0.05, 0.1) is 30.0 Å². The largest absolute Gasteiger partial charge is 0.360 e. The standard InChI is InChI=1S/C22H26ClN5O2/c1-15-4-6-18(7-5-15)13-28-21(23)20(17(3)24-28)22(29)27-10-8-26(9-11-27)14-19-12-16(2)25-30-19/h4-7,12H,8-11,13-14H2,1-3H3. The van der Waals surface area contributed by atoms with Gasteiger partial charge in [-0.2, -0.15) is 5.10 Å². The predicted octanol–water partition coefficient (Wildman–Crippen LogP) is 3.46. The number of halogens is 1. The molecule has 1 aromatic carbocycles. The first kappa shape index (κ1) is 20.6. The van der Waals surface area contributed by atoms with Crippen LogP contribution in [0.5, 0.6) is 0 Å². The first-order valence-corrected chi connectivity index (χ1v) is 10.5. The van der Waals surface area contributed by atoms with E-state index in [1.165, 1.54) is 5.56 Å². The topological polar surface area (TPSA) is 67.4 Å². The van der Waals surface area contributed by atoms with E-state index in [1.807, 2.05) is 24.8 Å². The molecule has 8 heteroatoms. The second kappa shape index (κ2) is 8.62. The van der Waals surface area contributed by atoms with Gasteiger partial charge in [0.2, 0.25) is 0 Å². The lowest BCUT2D eigenvalue weighted by molar-refractivity contribution is 0.0617. The predicted molar refractivity (Wildman–Crippen MR) is 115 cm³/mol. The molecule has 0 spiro atoms. The van der Waals surface area contributed by atoms with Gasteiger partial charge in [0, 0.05) is 32.2 Å². The highest BCUT2D eigenvalue weighted by molar-refractivity contribution is 6.33. The number of nitrogens with zero attached hydrogens (tertiary/aromatic N) is 5. The third-order valence-corrected chi connectivity index (χ3v) is 5.83. The van der Waals surface area contributed by atoms with Gasteiger partial charge in [0.1, 0.15) is 5.15 Å². The summed E-state index contributed by atoms with van der Waals surface area (Å²) in [5.74, 6) is 0.798. The summed E-state index contributed by atoms with van der Waals surface area (Å²) in [7, 11) is 0. The molecule has 0 bridgehead atoms. The average Bonchev–Trinajstić information content (AvgIpc) is 3.26. The molecule has 7 nitrogen and oxygen atoms in total. The van der Waals surface area contributed by atoms with Crippen LogP contribution >= 0.6 is 11.6 Å². The van der Waals surface area contributed by atoms with Gasteiger partial charge in [-0.3, -0.25) is 9.69 Å². The van der Waals surface area contributed by atoms with Crippen molar-refractivity contribution < 1.29 is 9.32 Å². The Balaban J connectivity index is 1.41. The summed E-state index contributed by atoms with van der Waals surface area (Å²) >= 11 is 6.59. The Bertz CT molecular complexity index is 1030. The van der Waals surface area contributed by atoms with Crippen LogP contribution in [0.1, 0.15) is 38.6 Å². The summed E-state index contributed by atoms with van der Waals surface area (Å²) in [5, 5.41) is 8.86. The van der Waals surface area contributed by atoms with Crippen molar-refractivity contribution >= 4 is 17.5 Å². The Labute approximate surface area is 181 Å². The van der Waals surface area contributed by atoms with Crippen LogP contribution in [-0.2, 0) is 13.1 Å². The lowest BCUT2D eigenvalue weighted by atomic mass is 10.1. The molecular formula is C22H26ClN5O2. The van der Waals surface area contributed by atoms with Gasteiger partial charge in [0.15, 0.2) is 5.76 Å². The summed E-state index contributed by atoms with van der Waals surface area (Å²) in [6.45, 7) is 9.89. The molecule has 30 heavy (non-hydrogen) atoms. The summed E-state index contributed by atoms with van der Waals surface area (Å²) in [5.41, 5.74) is 4.35. The van der Waals surface area contributed by atoms with Crippen LogP contribution in [0, 0.1) is 20.8 Å².